The van der Waals surface area contributed by atoms with E-state index >= 15 is 4.39 Å². The lowest BCUT2D eigenvalue weighted by Crippen LogP contribution is -2.49. The summed E-state index contributed by atoms with van der Waals surface area (Å²) in [6.07, 6.45) is 1.90. The number of aromatic nitrogens is 1. The van der Waals surface area contributed by atoms with Gasteiger partial charge in [0.15, 0.2) is 0 Å². The molecule has 1 aromatic heterocycles. The molecule has 2 unspecified atom stereocenters. The summed E-state index contributed by atoms with van der Waals surface area (Å²) in [5, 5.41) is 6.83. The Morgan fingerprint density at radius 1 is 1.09 bits per heavy atom. The Kier molecular flexibility index (Phi) is 7.15. The first-order valence-electron chi connectivity index (χ1n) is 12.8. The zero-order valence-corrected chi connectivity index (χ0v) is 20.0. The normalized spacial score (nSPS) is 25.5. The minimum Gasteiger partial charge on any atom is -0.317 e. The van der Waals surface area contributed by atoms with Crippen LogP contribution in [0.3, 0.4) is 0 Å². The molecule has 0 spiro atoms. The molecule has 0 bridgehead atoms. The molecule has 3 aliphatic rings. The lowest BCUT2D eigenvalue weighted by molar-refractivity contribution is -0.137. The van der Waals surface area contributed by atoms with Crippen LogP contribution in [0.1, 0.15) is 49.1 Å². The number of pyridine rings is 1. The van der Waals surface area contributed by atoms with Gasteiger partial charge in [0.05, 0.1) is 11.3 Å². The van der Waals surface area contributed by atoms with E-state index in [2.05, 4.69) is 20.5 Å². The van der Waals surface area contributed by atoms with Gasteiger partial charge in [-0.2, -0.15) is 13.2 Å². The summed E-state index contributed by atoms with van der Waals surface area (Å²) in [4.78, 5) is 6.84. The van der Waals surface area contributed by atoms with Gasteiger partial charge in [-0.25, -0.2) is 4.39 Å². The molecule has 0 amide bonds. The van der Waals surface area contributed by atoms with E-state index in [9.17, 15) is 13.2 Å². The van der Waals surface area contributed by atoms with Crippen LogP contribution in [-0.2, 0) is 6.18 Å². The van der Waals surface area contributed by atoms with Gasteiger partial charge in [-0.3, -0.25) is 4.98 Å². The van der Waals surface area contributed by atoms with Crippen LogP contribution in [0.4, 0.5) is 17.6 Å². The third-order valence-electron chi connectivity index (χ3n) is 7.90. The number of alkyl halides is 4. The highest BCUT2D eigenvalue weighted by Crippen LogP contribution is 2.41. The minimum atomic E-state index is -4.37. The molecule has 5 rings (SSSR count). The van der Waals surface area contributed by atoms with Crippen LogP contribution in [0.25, 0.3) is 11.3 Å². The lowest BCUT2D eigenvalue weighted by atomic mass is 9.91. The molecule has 2 atom stereocenters. The Balaban J connectivity index is 1.09. The third-order valence-corrected chi connectivity index (χ3v) is 7.90. The van der Waals surface area contributed by atoms with Crippen molar-refractivity contribution in [2.45, 2.75) is 55.9 Å². The number of halogens is 4. The highest BCUT2D eigenvalue weighted by atomic mass is 19.4. The molecule has 190 valence electrons. The number of nitrogens with one attached hydrogen (secondary N) is 2. The fraction of sp³-hybridized carbons (Fsp3) is 0.593. The number of rotatable bonds is 7. The Labute approximate surface area is 204 Å². The van der Waals surface area contributed by atoms with Gasteiger partial charge < -0.3 is 15.5 Å². The number of hydrogen-bond donors (Lipinski definition) is 2. The van der Waals surface area contributed by atoms with E-state index in [1.54, 1.807) is 18.3 Å². The number of nitrogens with zero attached hydrogens (tertiary/aromatic N) is 2. The van der Waals surface area contributed by atoms with E-state index in [4.69, 9.17) is 0 Å². The van der Waals surface area contributed by atoms with Gasteiger partial charge in [-0.15, -0.1) is 0 Å². The maximum Gasteiger partial charge on any atom is 0.416 e. The molecular weight excluding hydrogens is 456 g/mol. The molecule has 0 radical (unpaired) electrons. The van der Waals surface area contributed by atoms with Gasteiger partial charge >= 0.3 is 6.18 Å². The van der Waals surface area contributed by atoms with Gasteiger partial charge in [-0.05, 0) is 74.9 Å². The Bertz CT molecular complexity index is 979. The summed E-state index contributed by atoms with van der Waals surface area (Å²) in [6, 6.07) is 9.16. The monoisotopic (exact) mass is 490 g/mol. The first-order valence-corrected chi connectivity index (χ1v) is 12.8. The SMILES string of the molecule is FC1(CNC2CC2c2ccc(-c3cccc(C(F)(F)F)c3)nc2)CCN(CC2CCNCC2)CC1. The van der Waals surface area contributed by atoms with E-state index in [0.29, 0.717) is 30.6 Å². The van der Waals surface area contributed by atoms with Crippen molar-refractivity contribution in [2.24, 2.45) is 5.92 Å². The zero-order valence-electron chi connectivity index (χ0n) is 20.0. The molecule has 2 saturated heterocycles. The molecule has 4 nitrogen and oxygen atoms in total. The van der Waals surface area contributed by atoms with Crippen molar-refractivity contribution in [3.63, 3.8) is 0 Å². The summed E-state index contributed by atoms with van der Waals surface area (Å²) in [7, 11) is 0. The summed E-state index contributed by atoms with van der Waals surface area (Å²) in [5.41, 5.74) is 0.183. The van der Waals surface area contributed by atoms with Crippen LogP contribution in [-0.4, -0.2) is 60.9 Å². The van der Waals surface area contributed by atoms with Crippen LogP contribution in [0, 0.1) is 5.92 Å². The lowest BCUT2D eigenvalue weighted by Gasteiger charge is -2.38. The first kappa shape index (κ1) is 24.7. The Morgan fingerprint density at radius 3 is 2.54 bits per heavy atom. The van der Waals surface area contributed by atoms with Crippen molar-refractivity contribution in [3.05, 3.63) is 53.7 Å². The van der Waals surface area contributed by atoms with Gasteiger partial charge in [0.1, 0.15) is 5.67 Å². The van der Waals surface area contributed by atoms with Gasteiger partial charge in [-0.1, -0.05) is 18.2 Å². The van der Waals surface area contributed by atoms with E-state index < -0.39 is 17.4 Å². The van der Waals surface area contributed by atoms with Crippen LogP contribution in [0.2, 0.25) is 0 Å². The number of benzene rings is 1. The Morgan fingerprint density at radius 2 is 1.86 bits per heavy atom. The number of likely N-dealkylation sites (tertiary alicyclic amines) is 1. The molecular formula is C27H34F4N4. The van der Waals surface area contributed by atoms with Crippen molar-refractivity contribution in [1.29, 1.82) is 0 Å². The predicted molar refractivity (Wildman–Crippen MR) is 129 cm³/mol. The molecule has 35 heavy (non-hydrogen) atoms. The second kappa shape index (κ2) is 10.1. The van der Waals surface area contributed by atoms with Gasteiger partial charge in [0.2, 0.25) is 0 Å². The highest BCUT2D eigenvalue weighted by Gasteiger charge is 2.42. The maximum atomic E-state index is 15.4. The second-order valence-electron chi connectivity index (χ2n) is 10.5. The largest absolute Gasteiger partial charge is 0.416 e. The number of piperidine rings is 2. The van der Waals surface area contributed by atoms with Crippen molar-refractivity contribution in [3.8, 4) is 11.3 Å². The summed E-state index contributed by atoms with van der Waals surface area (Å²) >= 11 is 0. The predicted octanol–water partition coefficient (Wildman–Crippen LogP) is 5.02. The molecule has 2 aliphatic heterocycles. The summed E-state index contributed by atoms with van der Waals surface area (Å²) < 4.78 is 54.4. The summed E-state index contributed by atoms with van der Waals surface area (Å²) in [5.74, 6) is 1.02. The second-order valence-corrected chi connectivity index (χ2v) is 10.5. The molecule has 1 saturated carbocycles. The fourth-order valence-corrected chi connectivity index (χ4v) is 5.50. The average molecular weight is 491 g/mol. The standard InChI is InChI=1S/C27H34F4N4/c28-26(8-12-35(13-9-26)17-19-6-10-32-11-7-19)18-34-25-15-23(25)21-4-5-24(33-16-21)20-2-1-3-22(14-20)27(29,30)31/h1-5,14,16,19,23,25,32,34H,6-13,15,17-18H2. The quantitative estimate of drug-likeness (QED) is 0.535. The van der Waals surface area contributed by atoms with Gasteiger partial charge in [0.25, 0.3) is 0 Å². The van der Waals surface area contributed by atoms with E-state index in [1.165, 1.54) is 18.9 Å². The fourth-order valence-electron chi connectivity index (χ4n) is 5.50. The molecule has 1 aliphatic carbocycles. The van der Waals surface area contributed by atoms with E-state index in [1.807, 2.05) is 6.07 Å². The molecule has 2 aromatic rings. The van der Waals surface area contributed by atoms with Gasteiger partial charge in [0, 0.05) is 49.9 Å². The van der Waals surface area contributed by atoms with Crippen molar-refractivity contribution in [2.75, 3.05) is 39.3 Å². The van der Waals surface area contributed by atoms with Crippen LogP contribution in [0.15, 0.2) is 42.6 Å². The molecule has 8 heteroatoms. The molecule has 1 aromatic carbocycles. The highest BCUT2D eigenvalue weighted by molar-refractivity contribution is 5.60. The van der Waals surface area contributed by atoms with Crippen LogP contribution >= 0.6 is 0 Å². The van der Waals surface area contributed by atoms with Crippen molar-refractivity contribution in [1.82, 2.24) is 20.5 Å². The summed E-state index contributed by atoms with van der Waals surface area (Å²) in [6.45, 7) is 5.34. The van der Waals surface area contributed by atoms with E-state index in [-0.39, 0.29) is 12.0 Å². The van der Waals surface area contributed by atoms with Crippen molar-refractivity contribution < 1.29 is 17.6 Å². The van der Waals surface area contributed by atoms with Crippen molar-refractivity contribution >= 4 is 0 Å². The smallest absolute Gasteiger partial charge is 0.317 e. The molecule has 3 fully saturated rings. The zero-order chi connectivity index (χ0) is 24.5. The third kappa shape index (κ3) is 6.22. The molecule has 2 N–H and O–H groups in total. The minimum absolute atomic E-state index is 0.233. The topological polar surface area (TPSA) is 40.2 Å². The molecule has 3 heterocycles. The van der Waals surface area contributed by atoms with Crippen LogP contribution < -0.4 is 10.6 Å². The van der Waals surface area contributed by atoms with E-state index in [0.717, 1.165) is 62.8 Å². The Hall–Kier alpha value is -2.03. The first-order chi connectivity index (χ1) is 16.8. The van der Waals surface area contributed by atoms with Crippen LogP contribution in [0.5, 0.6) is 0 Å². The maximum absolute atomic E-state index is 15.4. The number of hydrogen-bond acceptors (Lipinski definition) is 4. The average Bonchev–Trinajstić information content (AvgIpc) is 3.65.